The Bertz CT molecular complexity index is 57.0. The van der Waals surface area contributed by atoms with Crippen LogP contribution in [-0.4, -0.2) is 0 Å². The van der Waals surface area contributed by atoms with E-state index in [0.29, 0.717) is 5.41 Å². The molecule has 0 nitrogen and oxygen atoms in total. The fraction of sp³-hybridized carbons (Fsp3) is 0.800. The van der Waals surface area contributed by atoms with E-state index in [2.05, 4.69) is 48.5 Å². The normalized spacial score (nSPS) is 9.82. The summed E-state index contributed by atoms with van der Waals surface area (Å²) in [5, 5.41) is 0. The van der Waals surface area contributed by atoms with Crippen molar-refractivity contribution in [2.75, 3.05) is 0 Å². The summed E-state index contributed by atoms with van der Waals surface area (Å²) in [6.07, 6.45) is 1.02. The number of hydrogen-bond donors (Lipinski definition) is 0. The third-order valence-corrected chi connectivity index (χ3v) is 0.750. The molecule has 0 aliphatic carbocycles. The van der Waals surface area contributed by atoms with Crippen molar-refractivity contribution in [2.24, 2.45) is 5.41 Å². The van der Waals surface area contributed by atoms with E-state index in [1.807, 2.05) is 0 Å². The predicted molar refractivity (Wildman–Crippen MR) is 49.7 cm³/mol. The molecule has 0 heterocycles. The van der Waals surface area contributed by atoms with E-state index < -0.39 is 0 Å². The fourth-order valence-corrected chi connectivity index (χ4v) is 0. The Morgan fingerprint density at radius 2 is 1.18 bits per heavy atom. The molecule has 0 aromatic rings. The van der Waals surface area contributed by atoms with Crippen molar-refractivity contribution in [3.05, 3.63) is 12.8 Å². The maximum atomic E-state index is 3.76. The van der Waals surface area contributed by atoms with Crippen LogP contribution in [0.2, 0.25) is 0 Å². The molecule has 11 heavy (non-hydrogen) atoms. The Kier molecular flexibility index (Phi) is 14.0. The molecule has 0 aromatic carbocycles. The van der Waals surface area contributed by atoms with Gasteiger partial charge in [0.05, 0.1) is 0 Å². The van der Waals surface area contributed by atoms with Gasteiger partial charge in [0.1, 0.15) is 0 Å². The number of rotatable bonds is 0. The molecule has 0 rings (SSSR count). The maximum absolute atomic E-state index is 3.76. The van der Waals surface area contributed by atoms with Crippen LogP contribution in [0, 0.1) is 18.3 Å². The minimum Gasteiger partial charge on any atom is -0.343 e. The van der Waals surface area contributed by atoms with E-state index in [4.69, 9.17) is 0 Å². The average Bonchev–Trinajstić information content (AvgIpc) is 1.63. The summed E-state index contributed by atoms with van der Waals surface area (Å²) >= 11 is 0. The summed E-state index contributed by atoms with van der Waals surface area (Å²) < 4.78 is 0. The third kappa shape index (κ3) is 60.2. The second-order valence-electron chi connectivity index (χ2n) is 4.31. The molecule has 0 aliphatic rings. The topological polar surface area (TPSA) is 0 Å². The largest absolute Gasteiger partial charge is 2.00 e. The van der Waals surface area contributed by atoms with E-state index in [0.717, 1.165) is 6.42 Å². The van der Waals surface area contributed by atoms with Crippen LogP contribution >= 0.6 is 0 Å². The third-order valence-electron chi connectivity index (χ3n) is 0.750. The first kappa shape index (κ1) is 17.6. The molecule has 0 saturated carbocycles. The maximum Gasteiger partial charge on any atom is 2.00 e. The SMILES string of the molecule is C[C-](C)C.[CH2-]CC(C)(C)C.[Zn+2]. The van der Waals surface area contributed by atoms with Crippen molar-refractivity contribution in [1.82, 2.24) is 0 Å². The van der Waals surface area contributed by atoms with Crippen LogP contribution in [0.4, 0.5) is 0 Å². The van der Waals surface area contributed by atoms with E-state index in [9.17, 15) is 0 Å². The van der Waals surface area contributed by atoms with E-state index in [1.165, 1.54) is 5.92 Å². The zero-order valence-electron chi connectivity index (χ0n) is 9.12. The second-order valence-corrected chi connectivity index (χ2v) is 4.31. The molecule has 0 saturated heterocycles. The molecule has 0 bridgehead atoms. The Labute approximate surface area is 85.9 Å². The Morgan fingerprint density at radius 3 is 1.18 bits per heavy atom. The summed E-state index contributed by atoms with van der Waals surface area (Å²) in [5.41, 5.74) is 0.431. The zero-order valence-corrected chi connectivity index (χ0v) is 12.1. The number of hydrogen-bond acceptors (Lipinski definition) is 0. The van der Waals surface area contributed by atoms with Gasteiger partial charge in [-0.2, -0.15) is 27.2 Å². The van der Waals surface area contributed by atoms with Gasteiger partial charge in [0.25, 0.3) is 0 Å². The molecule has 0 radical (unpaired) electrons. The molecule has 1 heteroatoms. The van der Waals surface area contributed by atoms with Gasteiger partial charge in [-0.25, -0.2) is 0 Å². The van der Waals surface area contributed by atoms with E-state index in [-0.39, 0.29) is 19.5 Å². The van der Waals surface area contributed by atoms with E-state index >= 15 is 0 Å². The molecular formula is C10H22Zn. The van der Waals surface area contributed by atoms with Gasteiger partial charge in [-0.05, 0) is 0 Å². The standard InChI is InChI=1S/C6H13.C4H9.Zn/c1-5-6(2,3)4;1-4(2)3;/h1,5H2,2-4H3;1-3H3;/q2*-1;+2. The molecule has 64 valence electrons. The van der Waals surface area contributed by atoms with Crippen molar-refractivity contribution >= 4 is 0 Å². The summed E-state index contributed by atoms with van der Waals surface area (Å²) in [6.45, 7) is 16.5. The first-order chi connectivity index (χ1) is 4.29. The van der Waals surface area contributed by atoms with Gasteiger partial charge in [0.15, 0.2) is 0 Å². The Morgan fingerprint density at radius 1 is 1.09 bits per heavy atom. The molecule has 0 aromatic heterocycles. The first-order valence-corrected chi connectivity index (χ1v) is 3.85. The van der Waals surface area contributed by atoms with Gasteiger partial charge in [-0.3, -0.25) is 0 Å². The summed E-state index contributed by atoms with van der Waals surface area (Å²) in [6, 6.07) is 0. The van der Waals surface area contributed by atoms with Crippen LogP contribution in [-0.2, 0) is 19.5 Å². The Hall–Kier alpha value is 0.623. The molecule has 0 fully saturated rings. The van der Waals surface area contributed by atoms with Crippen LogP contribution in [0.3, 0.4) is 0 Å². The van der Waals surface area contributed by atoms with Crippen LogP contribution in [0.5, 0.6) is 0 Å². The van der Waals surface area contributed by atoms with Crippen LogP contribution in [0.25, 0.3) is 0 Å². The monoisotopic (exact) mass is 206 g/mol. The van der Waals surface area contributed by atoms with Crippen molar-refractivity contribution < 1.29 is 19.5 Å². The predicted octanol–water partition coefficient (Wildman–Crippen LogP) is 3.87. The Balaban J connectivity index is -0.000000114. The fourth-order valence-electron chi connectivity index (χ4n) is 0. The summed E-state index contributed by atoms with van der Waals surface area (Å²) in [5.74, 6) is 1.42. The van der Waals surface area contributed by atoms with Gasteiger partial charge in [-0.15, -0.1) is 0 Å². The molecule has 0 N–H and O–H groups in total. The van der Waals surface area contributed by atoms with Gasteiger partial charge in [0.2, 0.25) is 0 Å². The summed E-state index contributed by atoms with van der Waals surface area (Å²) in [4.78, 5) is 0. The molecule has 0 unspecified atom stereocenters. The first-order valence-electron chi connectivity index (χ1n) is 3.85. The zero-order chi connectivity index (χ0) is 8.78. The van der Waals surface area contributed by atoms with Gasteiger partial charge in [0, 0.05) is 0 Å². The molecule has 0 aliphatic heterocycles. The minimum absolute atomic E-state index is 0. The summed E-state index contributed by atoms with van der Waals surface area (Å²) in [7, 11) is 0. The average molecular weight is 208 g/mol. The van der Waals surface area contributed by atoms with E-state index in [1.54, 1.807) is 0 Å². The van der Waals surface area contributed by atoms with Crippen molar-refractivity contribution in [2.45, 2.75) is 48.0 Å². The van der Waals surface area contributed by atoms with Crippen molar-refractivity contribution in [1.29, 1.82) is 0 Å². The molecule has 0 atom stereocenters. The smallest absolute Gasteiger partial charge is 0.343 e. The second kappa shape index (κ2) is 8.72. The van der Waals surface area contributed by atoms with Crippen LogP contribution in [0.15, 0.2) is 0 Å². The van der Waals surface area contributed by atoms with Crippen molar-refractivity contribution in [3.8, 4) is 0 Å². The van der Waals surface area contributed by atoms with Crippen molar-refractivity contribution in [3.63, 3.8) is 0 Å². The quantitative estimate of drug-likeness (QED) is 0.418. The van der Waals surface area contributed by atoms with Crippen LogP contribution in [0.1, 0.15) is 48.0 Å². The van der Waals surface area contributed by atoms with Gasteiger partial charge < -0.3 is 12.8 Å². The van der Waals surface area contributed by atoms with Crippen LogP contribution < -0.4 is 0 Å². The van der Waals surface area contributed by atoms with Gasteiger partial charge >= 0.3 is 19.5 Å². The molecular weight excluding hydrogens is 185 g/mol. The molecule has 0 amide bonds. The molecule has 0 spiro atoms. The van der Waals surface area contributed by atoms with Gasteiger partial charge in [-0.1, -0.05) is 26.2 Å². The minimum atomic E-state index is 0.